The van der Waals surface area contributed by atoms with E-state index in [9.17, 15) is 9.90 Å². The minimum atomic E-state index is -1.00. The van der Waals surface area contributed by atoms with Crippen LogP contribution < -0.4 is 0 Å². The van der Waals surface area contributed by atoms with Gasteiger partial charge in [-0.15, -0.1) is 11.8 Å². The molecule has 0 bridgehead atoms. The molecule has 1 fully saturated rings. The molecule has 0 saturated heterocycles. The van der Waals surface area contributed by atoms with Crippen molar-refractivity contribution in [2.24, 2.45) is 0 Å². The van der Waals surface area contributed by atoms with Gasteiger partial charge in [0, 0.05) is 23.0 Å². The van der Waals surface area contributed by atoms with Gasteiger partial charge in [-0.05, 0) is 24.0 Å². The summed E-state index contributed by atoms with van der Waals surface area (Å²) in [6, 6.07) is 19.8. The van der Waals surface area contributed by atoms with E-state index in [4.69, 9.17) is 0 Å². The molecule has 0 aromatic heterocycles. The molecule has 3 atom stereocenters. The first-order valence-electron chi connectivity index (χ1n) is 7.68. The summed E-state index contributed by atoms with van der Waals surface area (Å²) < 4.78 is 0. The van der Waals surface area contributed by atoms with Gasteiger partial charge >= 0.3 is 0 Å². The highest BCUT2D eigenvalue weighted by Gasteiger charge is 2.50. The van der Waals surface area contributed by atoms with E-state index in [0.717, 1.165) is 10.5 Å². The Morgan fingerprint density at radius 3 is 2.13 bits per heavy atom. The molecule has 0 amide bonds. The lowest BCUT2D eigenvalue weighted by Crippen LogP contribution is -2.51. The number of carbonyl (C=O) groups is 1. The molecule has 2 aromatic carbocycles. The fraction of sp³-hybridized carbons (Fsp3) is 0.316. The second-order valence-electron chi connectivity index (χ2n) is 5.78. The van der Waals surface area contributed by atoms with Crippen molar-refractivity contribution in [1.29, 1.82) is 0 Å². The Hall–Kier alpha value is -1.23. The van der Waals surface area contributed by atoms with Crippen LogP contribution in [0.5, 0.6) is 0 Å². The van der Waals surface area contributed by atoms with Gasteiger partial charge in [-0.1, -0.05) is 48.5 Å². The molecule has 2 aromatic rings. The van der Waals surface area contributed by atoms with Gasteiger partial charge in [0.05, 0.1) is 5.25 Å². The van der Waals surface area contributed by atoms with Gasteiger partial charge in [-0.25, -0.2) is 0 Å². The fourth-order valence-electron chi connectivity index (χ4n) is 3.15. The molecule has 2 nitrogen and oxygen atoms in total. The number of aliphatic hydroxyl groups is 1. The molecule has 1 saturated carbocycles. The second kappa shape index (κ2) is 7.12. The Balaban J connectivity index is 2.00. The highest BCUT2D eigenvalue weighted by Crippen LogP contribution is 2.48. The summed E-state index contributed by atoms with van der Waals surface area (Å²) >= 11 is 3.19. The van der Waals surface area contributed by atoms with Gasteiger partial charge in [0.2, 0.25) is 0 Å². The van der Waals surface area contributed by atoms with Crippen LogP contribution in [0, 0.1) is 0 Å². The zero-order chi connectivity index (χ0) is 16.3. The molecule has 0 aliphatic heterocycles. The molecule has 4 heteroatoms. The molecule has 3 rings (SSSR count). The second-order valence-corrected chi connectivity index (χ2v) is 8.10. The van der Waals surface area contributed by atoms with Gasteiger partial charge in [-0.3, -0.25) is 4.79 Å². The first-order valence-corrected chi connectivity index (χ1v) is 9.85. The van der Waals surface area contributed by atoms with Crippen molar-refractivity contribution >= 4 is 29.3 Å². The topological polar surface area (TPSA) is 37.3 Å². The molecule has 0 spiro atoms. The molecule has 1 aliphatic carbocycles. The Labute approximate surface area is 145 Å². The highest BCUT2D eigenvalue weighted by molar-refractivity contribution is 8.00. The number of ketones is 1. The molecular formula is C19H20O2S2. The van der Waals surface area contributed by atoms with E-state index < -0.39 is 5.60 Å². The Morgan fingerprint density at radius 2 is 1.52 bits per heavy atom. The molecule has 0 heterocycles. The van der Waals surface area contributed by atoms with Gasteiger partial charge in [0.15, 0.2) is 0 Å². The zero-order valence-corrected chi connectivity index (χ0v) is 14.6. The van der Waals surface area contributed by atoms with Crippen molar-refractivity contribution in [2.75, 3.05) is 6.26 Å². The predicted molar refractivity (Wildman–Crippen MR) is 98.0 cm³/mol. The number of Topliss-reactive ketones (excluding diaryl/α,β-unsaturated/α-hetero) is 1. The molecule has 120 valence electrons. The van der Waals surface area contributed by atoms with E-state index in [0.29, 0.717) is 12.8 Å². The number of benzene rings is 2. The number of hydrogen-bond acceptors (Lipinski definition) is 4. The molecule has 1 aliphatic rings. The van der Waals surface area contributed by atoms with Crippen LogP contribution in [0.1, 0.15) is 18.4 Å². The lowest BCUT2D eigenvalue weighted by atomic mass is 9.78. The minimum absolute atomic E-state index is 0.118. The standard InChI is InChI=1S/C19H20O2S2/c1-22-17-12-15(20)13-18(23-16-10-6-3-7-11-16)19(17,21)14-8-4-2-5-9-14/h2-11,17-18,21H,12-13H2,1H3. The van der Waals surface area contributed by atoms with E-state index in [1.54, 1.807) is 23.5 Å². The number of thioether (sulfide) groups is 2. The van der Waals surface area contributed by atoms with Crippen LogP contribution in [0.4, 0.5) is 0 Å². The fourth-order valence-corrected chi connectivity index (χ4v) is 5.64. The van der Waals surface area contributed by atoms with Crippen LogP contribution in [-0.4, -0.2) is 27.6 Å². The van der Waals surface area contributed by atoms with E-state index >= 15 is 0 Å². The van der Waals surface area contributed by atoms with Crippen molar-refractivity contribution in [2.45, 2.75) is 33.8 Å². The van der Waals surface area contributed by atoms with E-state index in [2.05, 4.69) is 0 Å². The Bertz CT molecular complexity index is 660. The smallest absolute Gasteiger partial charge is 0.135 e. The quantitative estimate of drug-likeness (QED) is 0.905. The number of hydrogen-bond donors (Lipinski definition) is 1. The van der Waals surface area contributed by atoms with Crippen LogP contribution in [0.15, 0.2) is 65.6 Å². The van der Waals surface area contributed by atoms with Gasteiger partial charge in [0.25, 0.3) is 0 Å². The predicted octanol–water partition coefficient (Wildman–Crippen LogP) is 4.13. The summed E-state index contributed by atoms with van der Waals surface area (Å²) in [5, 5.41) is 11.4. The summed E-state index contributed by atoms with van der Waals surface area (Å²) in [4.78, 5) is 13.3. The average Bonchev–Trinajstić information content (AvgIpc) is 2.59. The van der Waals surface area contributed by atoms with Gasteiger partial charge < -0.3 is 5.11 Å². The molecular weight excluding hydrogens is 324 g/mol. The maximum Gasteiger partial charge on any atom is 0.135 e. The zero-order valence-electron chi connectivity index (χ0n) is 13.0. The third kappa shape index (κ3) is 3.35. The van der Waals surface area contributed by atoms with E-state index in [-0.39, 0.29) is 16.3 Å². The van der Waals surface area contributed by atoms with Crippen LogP contribution >= 0.6 is 23.5 Å². The lowest BCUT2D eigenvalue weighted by Gasteiger charge is -2.44. The largest absolute Gasteiger partial charge is 0.383 e. The Kier molecular flexibility index (Phi) is 5.14. The van der Waals surface area contributed by atoms with Crippen LogP contribution in [0.2, 0.25) is 0 Å². The summed E-state index contributed by atoms with van der Waals surface area (Å²) in [5.74, 6) is 0.235. The van der Waals surface area contributed by atoms with E-state index in [1.165, 1.54) is 0 Å². The maximum absolute atomic E-state index is 12.2. The highest BCUT2D eigenvalue weighted by atomic mass is 32.2. The summed E-state index contributed by atoms with van der Waals surface area (Å²) in [6.45, 7) is 0. The maximum atomic E-state index is 12.2. The van der Waals surface area contributed by atoms with Crippen molar-refractivity contribution < 1.29 is 9.90 Å². The third-order valence-corrected chi connectivity index (χ3v) is 6.80. The SMILES string of the molecule is CSC1CC(=O)CC(Sc2ccccc2)C1(O)c1ccccc1. The molecule has 23 heavy (non-hydrogen) atoms. The van der Waals surface area contributed by atoms with E-state index in [1.807, 2.05) is 66.9 Å². The summed E-state index contributed by atoms with van der Waals surface area (Å²) in [7, 11) is 0. The Morgan fingerprint density at radius 1 is 0.957 bits per heavy atom. The normalized spacial score (nSPS) is 27.8. The molecule has 1 N–H and O–H groups in total. The van der Waals surface area contributed by atoms with Crippen LogP contribution in [-0.2, 0) is 10.4 Å². The molecule has 0 radical (unpaired) electrons. The summed E-state index contributed by atoms with van der Waals surface area (Å²) in [6.07, 6.45) is 2.81. The van der Waals surface area contributed by atoms with Crippen molar-refractivity contribution in [3.05, 3.63) is 66.2 Å². The minimum Gasteiger partial charge on any atom is -0.383 e. The first kappa shape index (κ1) is 16.6. The monoisotopic (exact) mass is 344 g/mol. The van der Waals surface area contributed by atoms with Crippen molar-refractivity contribution in [3.63, 3.8) is 0 Å². The molecule has 3 unspecified atom stereocenters. The van der Waals surface area contributed by atoms with Gasteiger partial charge in [-0.2, -0.15) is 11.8 Å². The first-order chi connectivity index (χ1) is 11.1. The van der Waals surface area contributed by atoms with Crippen LogP contribution in [0.3, 0.4) is 0 Å². The van der Waals surface area contributed by atoms with Gasteiger partial charge in [0.1, 0.15) is 11.4 Å². The summed E-state index contributed by atoms with van der Waals surface area (Å²) in [5.41, 5.74) is -0.102. The lowest BCUT2D eigenvalue weighted by molar-refractivity contribution is -0.124. The van der Waals surface area contributed by atoms with Crippen LogP contribution in [0.25, 0.3) is 0 Å². The number of carbonyl (C=O) groups excluding carboxylic acids is 1. The number of rotatable bonds is 4. The van der Waals surface area contributed by atoms with Crippen molar-refractivity contribution in [1.82, 2.24) is 0 Å². The average molecular weight is 345 g/mol. The third-order valence-electron chi connectivity index (χ3n) is 4.35. The van der Waals surface area contributed by atoms with Crippen molar-refractivity contribution in [3.8, 4) is 0 Å².